The summed E-state index contributed by atoms with van der Waals surface area (Å²) in [5.41, 5.74) is 0.454. The zero-order chi connectivity index (χ0) is 17.0. The Hall–Kier alpha value is -2.90. The lowest BCUT2D eigenvalue weighted by atomic mass is 10.0. The molecule has 122 valence electrons. The molecule has 0 bridgehead atoms. The molecule has 1 unspecified atom stereocenters. The summed E-state index contributed by atoms with van der Waals surface area (Å²) in [5, 5.41) is 6.26. The Morgan fingerprint density at radius 2 is 2.09 bits per heavy atom. The smallest absolute Gasteiger partial charge is 0.333 e. The van der Waals surface area contributed by atoms with Gasteiger partial charge in [0.2, 0.25) is 5.88 Å². The number of hydrogen-bond donors (Lipinski definition) is 1. The molecule has 1 N–H and O–H groups in total. The van der Waals surface area contributed by atoms with Crippen molar-refractivity contribution in [1.29, 1.82) is 0 Å². The van der Waals surface area contributed by atoms with Crippen LogP contribution in [0.2, 0.25) is 0 Å². The van der Waals surface area contributed by atoms with Crippen LogP contribution in [0.4, 0.5) is 4.39 Å². The first-order chi connectivity index (χ1) is 11.0. The van der Waals surface area contributed by atoms with Crippen molar-refractivity contribution in [3.05, 3.63) is 47.4 Å². The number of carbonyl (C=O) groups excluding carboxylic acids is 2. The van der Waals surface area contributed by atoms with E-state index in [2.05, 4.69) is 10.2 Å². The van der Waals surface area contributed by atoms with E-state index in [0.29, 0.717) is 5.56 Å². The first-order valence-corrected chi connectivity index (χ1v) is 6.67. The summed E-state index contributed by atoms with van der Waals surface area (Å²) >= 11 is 0. The number of nitrogens with zero attached hydrogens (tertiary/aromatic N) is 2. The molecule has 23 heavy (non-hydrogen) atoms. The maximum Gasteiger partial charge on any atom is 0.333 e. The fraction of sp³-hybridized carbons (Fsp3) is 0.267. The van der Waals surface area contributed by atoms with Crippen LogP contribution in [0, 0.1) is 5.82 Å². The third kappa shape index (κ3) is 3.31. The molecule has 0 fully saturated rings. The van der Waals surface area contributed by atoms with Crippen molar-refractivity contribution in [1.82, 2.24) is 15.1 Å². The molecule has 2 rings (SSSR count). The van der Waals surface area contributed by atoms with Gasteiger partial charge < -0.3 is 14.4 Å². The molecule has 1 atom stereocenters. The van der Waals surface area contributed by atoms with Gasteiger partial charge in [-0.05, 0) is 17.7 Å². The van der Waals surface area contributed by atoms with Gasteiger partial charge in [-0.2, -0.15) is 5.10 Å². The highest BCUT2D eigenvalue weighted by molar-refractivity contribution is 5.98. The van der Waals surface area contributed by atoms with Crippen LogP contribution in [0.1, 0.15) is 22.0 Å². The normalized spacial score (nSPS) is 11.7. The molecule has 0 spiro atoms. The molecular formula is C15H16FN3O4. The molecular weight excluding hydrogens is 305 g/mol. The molecule has 1 heterocycles. The Kier molecular flexibility index (Phi) is 4.95. The fourth-order valence-electron chi connectivity index (χ4n) is 2.20. The third-order valence-corrected chi connectivity index (χ3v) is 3.34. The van der Waals surface area contributed by atoms with Crippen LogP contribution in [0.25, 0.3) is 0 Å². The summed E-state index contributed by atoms with van der Waals surface area (Å²) in [7, 11) is 4.00. The monoisotopic (exact) mass is 321 g/mol. The van der Waals surface area contributed by atoms with Crippen LogP contribution in [0.3, 0.4) is 0 Å². The molecule has 1 aromatic carbocycles. The van der Waals surface area contributed by atoms with E-state index in [4.69, 9.17) is 9.47 Å². The van der Waals surface area contributed by atoms with E-state index >= 15 is 0 Å². The topological polar surface area (TPSA) is 84.5 Å². The summed E-state index contributed by atoms with van der Waals surface area (Å²) in [6, 6.07) is 4.33. The van der Waals surface area contributed by atoms with Gasteiger partial charge in [0.05, 0.1) is 20.4 Å². The first-order valence-electron chi connectivity index (χ1n) is 6.67. The van der Waals surface area contributed by atoms with E-state index in [1.54, 1.807) is 6.07 Å². The van der Waals surface area contributed by atoms with Gasteiger partial charge in [-0.25, -0.2) is 14.3 Å². The van der Waals surface area contributed by atoms with Gasteiger partial charge in [-0.3, -0.25) is 4.79 Å². The predicted molar refractivity (Wildman–Crippen MR) is 78.4 cm³/mol. The van der Waals surface area contributed by atoms with Crippen LogP contribution >= 0.6 is 0 Å². The largest absolute Gasteiger partial charge is 0.481 e. The Bertz CT molecular complexity index is 716. The average molecular weight is 321 g/mol. The number of likely N-dealkylation sites (N-methyl/N-ethyl adjacent to an activating group) is 1. The summed E-state index contributed by atoms with van der Waals surface area (Å²) in [4.78, 5) is 25.8. The highest BCUT2D eigenvalue weighted by Gasteiger charge is 2.32. The summed E-state index contributed by atoms with van der Waals surface area (Å²) < 4.78 is 23.2. The molecule has 0 radical (unpaired) electrons. The van der Waals surface area contributed by atoms with E-state index in [-0.39, 0.29) is 11.4 Å². The van der Waals surface area contributed by atoms with Gasteiger partial charge in [0, 0.05) is 7.05 Å². The number of hydrogen-bond acceptors (Lipinski definition) is 5. The van der Waals surface area contributed by atoms with Crippen LogP contribution in [0.15, 0.2) is 30.5 Å². The van der Waals surface area contributed by atoms with E-state index in [1.165, 1.54) is 45.7 Å². The van der Waals surface area contributed by atoms with Crippen molar-refractivity contribution >= 4 is 11.9 Å². The molecule has 2 aromatic rings. The third-order valence-electron chi connectivity index (χ3n) is 3.34. The van der Waals surface area contributed by atoms with Crippen molar-refractivity contribution in [3.63, 3.8) is 0 Å². The van der Waals surface area contributed by atoms with E-state index < -0.39 is 23.7 Å². The van der Waals surface area contributed by atoms with Crippen molar-refractivity contribution in [3.8, 4) is 5.88 Å². The van der Waals surface area contributed by atoms with E-state index in [9.17, 15) is 14.0 Å². The lowest BCUT2D eigenvalue weighted by Gasteiger charge is -2.26. The number of H-pyrrole nitrogens is 1. The fourth-order valence-corrected chi connectivity index (χ4v) is 2.20. The quantitative estimate of drug-likeness (QED) is 0.845. The zero-order valence-electron chi connectivity index (χ0n) is 12.9. The number of nitrogens with one attached hydrogen (secondary N) is 1. The minimum Gasteiger partial charge on any atom is -0.481 e. The molecule has 8 heteroatoms. The molecule has 1 amide bonds. The number of rotatable bonds is 5. The number of aromatic nitrogens is 2. The molecule has 0 aliphatic rings. The lowest BCUT2D eigenvalue weighted by Crippen LogP contribution is -2.36. The molecule has 7 nitrogen and oxygen atoms in total. The number of aromatic amines is 1. The Morgan fingerprint density at radius 3 is 2.70 bits per heavy atom. The van der Waals surface area contributed by atoms with Crippen LogP contribution in [-0.2, 0) is 9.53 Å². The number of methoxy groups -OCH3 is 2. The Morgan fingerprint density at radius 1 is 1.35 bits per heavy atom. The average Bonchev–Trinajstić information content (AvgIpc) is 3.02. The first kappa shape index (κ1) is 16.5. The van der Waals surface area contributed by atoms with E-state index in [0.717, 1.165) is 4.90 Å². The second-order valence-electron chi connectivity index (χ2n) is 4.71. The van der Waals surface area contributed by atoms with Gasteiger partial charge in [-0.1, -0.05) is 12.1 Å². The number of esters is 1. The van der Waals surface area contributed by atoms with Gasteiger partial charge in [0.25, 0.3) is 5.91 Å². The maximum atomic E-state index is 13.5. The Balaban J connectivity index is 2.39. The molecule has 0 aliphatic heterocycles. The van der Waals surface area contributed by atoms with Gasteiger partial charge in [0.15, 0.2) is 6.04 Å². The number of halogens is 1. The molecule has 0 saturated carbocycles. The van der Waals surface area contributed by atoms with Gasteiger partial charge in [0.1, 0.15) is 11.4 Å². The Labute approximate surface area is 132 Å². The number of carbonyl (C=O) groups is 2. The van der Waals surface area contributed by atoms with Crippen LogP contribution in [-0.4, -0.2) is 48.2 Å². The maximum absolute atomic E-state index is 13.5. The molecule has 0 saturated heterocycles. The molecule has 0 aliphatic carbocycles. The van der Waals surface area contributed by atoms with Crippen molar-refractivity contribution < 1.29 is 23.5 Å². The molecule has 1 aromatic heterocycles. The highest BCUT2D eigenvalue weighted by atomic mass is 19.1. The number of ether oxygens (including phenoxy) is 2. The predicted octanol–water partition coefficient (Wildman–Crippen LogP) is 1.54. The minimum atomic E-state index is -1.09. The lowest BCUT2D eigenvalue weighted by molar-refractivity contribution is -0.145. The van der Waals surface area contributed by atoms with Gasteiger partial charge in [-0.15, -0.1) is 0 Å². The van der Waals surface area contributed by atoms with Gasteiger partial charge >= 0.3 is 5.97 Å². The summed E-state index contributed by atoms with van der Waals surface area (Å²) in [6.07, 6.45) is 1.29. The second kappa shape index (κ2) is 6.91. The highest BCUT2D eigenvalue weighted by Crippen LogP contribution is 2.25. The van der Waals surface area contributed by atoms with Crippen molar-refractivity contribution in [2.24, 2.45) is 0 Å². The standard InChI is InChI=1S/C15H16FN3O4/c1-19(14(20)11-8-17-18-13(11)22-2)12(15(21)23-3)9-5-4-6-10(16)7-9/h4-8,12H,1-3H3,(H,17,18). The second-order valence-corrected chi connectivity index (χ2v) is 4.71. The number of benzene rings is 1. The summed E-state index contributed by atoms with van der Waals surface area (Å²) in [5.74, 6) is -1.55. The van der Waals surface area contributed by atoms with Crippen molar-refractivity contribution in [2.45, 2.75) is 6.04 Å². The van der Waals surface area contributed by atoms with E-state index in [1.807, 2.05) is 0 Å². The van der Waals surface area contributed by atoms with Crippen LogP contribution in [0.5, 0.6) is 5.88 Å². The minimum absolute atomic E-state index is 0.153. The zero-order valence-corrected chi connectivity index (χ0v) is 12.9. The summed E-state index contributed by atoms with van der Waals surface area (Å²) in [6.45, 7) is 0. The van der Waals surface area contributed by atoms with Crippen molar-refractivity contribution in [2.75, 3.05) is 21.3 Å². The SMILES string of the molecule is COC(=O)C(c1cccc(F)c1)N(C)C(=O)c1cn[nH]c1OC. The number of amides is 1. The van der Waals surface area contributed by atoms with Crippen LogP contribution < -0.4 is 4.74 Å².